The summed E-state index contributed by atoms with van der Waals surface area (Å²) in [5.41, 5.74) is 2.88. The number of ether oxygens (including phenoxy) is 1. The first-order chi connectivity index (χ1) is 16.1. The fourth-order valence-corrected chi connectivity index (χ4v) is 4.68. The molecule has 0 bridgehead atoms. The Kier molecular flexibility index (Phi) is 6.15. The second kappa shape index (κ2) is 9.37. The van der Waals surface area contributed by atoms with Crippen LogP contribution in [0.3, 0.4) is 0 Å². The molecule has 33 heavy (non-hydrogen) atoms. The molecular weight excluding hydrogens is 498 g/mol. The zero-order valence-corrected chi connectivity index (χ0v) is 20.3. The smallest absolute Gasteiger partial charge is 0.174 e. The van der Waals surface area contributed by atoms with Crippen LogP contribution in [0.25, 0.3) is 11.3 Å². The van der Waals surface area contributed by atoms with Gasteiger partial charge in [-0.3, -0.25) is 4.98 Å². The minimum Gasteiger partial charge on any atom is -0.494 e. The van der Waals surface area contributed by atoms with Crippen LogP contribution in [0.4, 0.5) is 5.69 Å². The molecule has 0 saturated carbocycles. The molecule has 1 saturated heterocycles. The van der Waals surface area contributed by atoms with Gasteiger partial charge in [-0.25, -0.2) is 0 Å². The lowest BCUT2D eigenvalue weighted by Crippen LogP contribution is -2.29. The van der Waals surface area contributed by atoms with Crippen LogP contribution in [0.1, 0.15) is 30.5 Å². The van der Waals surface area contributed by atoms with Crippen molar-refractivity contribution >= 4 is 38.9 Å². The van der Waals surface area contributed by atoms with E-state index in [0.29, 0.717) is 11.7 Å². The average molecular weight is 520 g/mol. The van der Waals surface area contributed by atoms with Crippen LogP contribution in [-0.4, -0.2) is 16.7 Å². The van der Waals surface area contributed by atoms with Gasteiger partial charge in [-0.2, -0.15) is 0 Å². The van der Waals surface area contributed by atoms with Crippen LogP contribution in [0.15, 0.2) is 93.9 Å². The van der Waals surface area contributed by atoms with E-state index >= 15 is 0 Å². The molecule has 0 spiro atoms. The van der Waals surface area contributed by atoms with Gasteiger partial charge < -0.3 is 19.4 Å². The Morgan fingerprint density at radius 1 is 1.03 bits per heavy atom. The molecule has 0 amide bonds. The first kappa shape index (κ1) is 21.7. The highest BCUT2D eigenvalue weighted by Crippen LogP contribution is 2.43. The number of hydrogen-bond acceptors (Lipinski definition) is 4. The largest absolute Gasteiger partial charge is 0.494 e. The molecule has 2 aromatic heterocycles. The van der Waals surface area contributed by atoms with Crippen molar-refractivity contribution < 1.29 is 9.15 Å². The number of thiocarbonyl (C=S) groups is 1. The molecule has 0 unspecified atom stereocenters. The van der Waals surface area contributed by atoms with E-state index in [1.54, 1.807) is 6.20 Å². The molecule has 1 aliphatic heterocycles. The third-order valence-corrected chi connectivity index (χ3v) is 6.41. The molecular formula is C26H22BrN3O2S. The summed E-state index contributed by atoms with van der Waals surface area (Å²) in [5.74, 6) is 2.44. The summed E-state index contributed by atoms with van der Waals surface area (Å²) in [5, 5.41) is 4.09. The van der Waals surface area contributed by atoms with Gasteiger partial charge in [0.05, 0.1) is 18.3 Å². The number of anilines is 1. The molecule has 4 aromatic rings. The maximum Gasteiger partial charge on any atom is 0.174 e. The van der Waals surface area contributed by atoms with Crippen molar-refractivity contribution in [2.45, 2.75) is 19.0 Å². The highest BCUT2D eigenvalue weighted by atomic mass is 79.9. The second-order valence-corrected chi connectivity index (χ2v) is 8.93. The fraction of sp³-hybridized carbons (Fsp3) is 0.154. The molecule has 3 heterocycles. The number of nitrogens with one attached hydrogen (secondary N) is 1. The Hall–Kier alpha value is -3.16. The van der Waals surface area contributed by atoms with E-state index < -0.39 is 0 Å². The van der Waals surface area contributed by atoms with Gasteiger partial charge in [-0.1, -0.05) is 34.1 Å². The summed E-state index contributed by atoms with van der Waals surface area (Å²) in [6.07, 6.45) is 1.80. The molecule has 1 fully saturated rings. The van der Waals surface area contributed by atoms with E-state index in [-0.39, 0.29) is 12.1 Å². The number of furan rings is 1. The summed E-state index contributed by atoms with van der Waals surface area (Å²) < 4.78 is 13.0. The lowest BCUT2D eigenvalue weighted by molar-refractivity contribution is 0.340. The van der Waals surface area contributed by atoms with Crippen LogP contribution < -0.4 is 15.0 Å². The Labute approximate surface area is 206 Å². The SMILES string of the molecule is CCOc1ccc(N2C(=S)N[C@H](c3ccccn3)[C@H]2c2ccc(-c3ccc(Br)cc3)o2)cc1. The van der Waals surface area contributed by atoms with Crippen molar-refractivity contribution in [1.82, 2.24) is 10.3 Å². The van der Waals surface area contributed by atoms with Gasteiger partial charge in [0, 0.05) is 21.9 Å². The van der Waals surface area contributed by atoms with Crippen molar-refractivity contribution in [2.24, 2.45) is 0 Å². The normalized spacial score (nSPS) is 17.8. The van der Waals surface area contributed by atoms with Crippen molar-refractivity contribution in [3.63, 3.8) is 0 Å². The molecule has 1 N–H and O–H groups in total. The topological polar surface area (TPSA) is 50.5 Å². The highest BCUT2D eigenvalue weighted by Gasteiger charge is 2.42. The van der Waals surface area contributed by atoms with Crippen LogP contribution in [0, 0.1) is 0 Å². The predicted octanol–water partition coefficient (Wildman–Crippen LogP) is 6.68. The minimum atomic E-state index is -0.199. The van der Waals surface area contributed by atoms with E-state index in [4.69, 9.17) is 21.4 Å². The van der Waals surface area contributed by atoms with E-state index in [1.165, 1.54) is 0 Å². The van der Waals surface area contributed by atoms with Crippen LogP contribution in [0.5, 0.6) is 5.75 Å². The number of nitrogens with zero attached hydrogens (tertiary/aromatic N) is 2. The fourth-order valence-electron chi connectivity index (χ4n) is 4.07. The van der Waals surface area contributed by atoms with E-state index in [2.05, 4.69) is 31.1 Å². The molecule has 0 aliphatic carbocycles. The Bertz CT molecular complexity index is 1240. The van der Waals surface area contributed by atoms with E-state index in [9.17, 15) is 0 Å². The molecule has 166 valence electrons. The van der Waals surface area contributed by atoms with Crippen molar-refractivity contribution in [2.75, 3.05) is 11.5 Å². The van der Waals surface area contributed by atoms with Gasteiger partial charge in [0.1, 0.15) is 23.3 Å². The quantitative estimate of drug-likeness (QED) is 0.286. The number of hydrogen-bond donors (Lipinski definition) is 1. The van der Waals surface area contributed by atoms with Gasteiger partial charge >= 0.3 is 0 Å². The minimum absolute atomic E-state index is 0.158. The molecule has 5 rings (SSSR count). The van der Waals surface area contributed by atoms with Crippen molar-refractivity contribution in [1.29, 1.82) is 0 Å². The average Bonchev–Trinajstić information content (AvgIpc) is 3.46. The Balaban J connectivity index is 1.55. The third-order valence-electron chi connectivity index (χ3n) is 5.57. The summed E-state index contributed by atoms with van der Waals surface area (Å²) in [6.45, 7) is 2.60. The van der Waals surface area contributed by atoms with Gasteiger partial charge in [0.2, 0.25) is 0 Å². The standard InChI is InChI=1S/C26H22BrN3O2S/c1-2-31-20-12-10-19(11-13-20)30-25(24(29-26(30)33)21-5-3-4-16-28-21)23-15-14-22(32-23)17-6-8-18(27)9-7-17/h3-16,24-25H,2H2,1H3,(H,29,33)/t24-,25-/m1/s1. The molecule has 5 nitrogen and oxygen atoms in total. The predicted molar refractivity (Wildman–Crippen MR) is 137 cm³/mol. The monoisotopic (exact) mass is 519 g/mol. The van der Waals surface area contributed by atoms with E-state index in [1.807, 2.05) is 85.8 Å². The van der Waals surface area contributed by atoms with Crippen LogP contribution in [0.2, 0.25) is 0 Å². The van der Waals surface area contributed by atoms with E-state index in [0.717, 1.165) is 38.7 Å². The number of aromatic nitrogens is 1. The number of halogens is 1. The lowest BCUT2D eigenvalue weighted by Gasteiger charge is -2.26. The van der Waals surface area contributed by atoms with Gasteiger partial charge in [-0.15, -0.1) is 0 Å². The number of pyridine rings is 1. The zero-order valence-electron chi connectivity index (χ0n) is 17.9. The Morgan fingerprint density at radius 3 is 2.52 bits per heavy atom. The third kappa shape index (κ3) is 4.38. The van der Waals surface area contributed by atoms with Gasteiger partial charge in [-0.05, 0) is 79.8 Å². The first-order valence-electron chi connectivity index (χ1n) is 10.7. The first-order valence-corrected chi connectivity index (χ1v) is 11.9. The second-order valence-electron chi connectivity index (χ2n) is 7.63. The molecule has 0 radical (unpaired) electrons. The number of benzene rings is 2. The Morgan fingerprint density at radius 2 is 1.82 bits per heavy atom. The molecule has 7 heteroatoms. The summed E-state index contributed by atoms with van der Waals surface area (Å²) in [6, 6.07) is 25.6. The van der Waals surface area contributed by atoms with Crippen molar-refractivity contribution in [3.05, 3.63) is 101 Å². The molecule has 2 atom stereocenters. The summed E-state index contributed by atoms with van der Waals surface area (Å²) in [4.78, 5) is 6.69. The van der Waals surface area contributed by atoms with Crippen LogP contribution >= 0.6 is 28.1 Å². The summed E-state index contributed by atoms with van der Waals surface area (Å²) in [7, 11) is 0. The van der Waals surface area contributed by atoms with Gasteiger partial charge in [0.25, 0.3) is 0 Å². The van der Waals surface area contributed by atoms with Crippen molar-refractivity contribution in [3.8, 4) is 17.1 Å². The molecule has 2 aromatic carbocycles. The lowest BCUT2D eigenvalue weighted by atomic mass is 10.0. The van der Waals surface area contributed by atoms with Crippen LogP contribution in [-0.2, 0) is 0 Å². The van der Waals surface area contributed by atoms with Gasteiger partial charge in [0.15, 0.2) is 5.11 Å². The molecule has 1 aliphatic rings. The maximum absolute atomic E-state index is 6.40. The number of rotatable bonds is 6. The summed E-state index contributed by atoms with van der Waals surface area (Å²) >= 11 is 9.27. The zero-order chi connectivity index (χ0) is 22.8. The highest BCUT2D eigenvalue weighted by molar-refractivity contribution is 9.10. The maximum atomic E-state index is 6.40.